The molecule has 0 bridgehead atoms. The Kier molecular flexibility index (Phi) is 3.35. The summed E-state index contributed by atoms with van der Waals surface area (Å²) in [7, 11) is 1.60. The van der Waals surface area contributed by atoms with Gasteiger partial charge in [0.05, 0.1) is 17.6 Å². The number of nitrogens with zero attached hydrogens (tertiary/aromatic N) is 1. The number of oxime groups is 1. The van der Waals surface area contributed by atoms with Crippen molar-refractivity contribution in [1.82, 2.24) is 0 Å². The molecule has 0 saturated carbocycles. The highest BCUT2D eigenvalue weighted by atomic mass is 32.1. The first kappa shape index (κ1) is 12.6. The molecule has 0 atom stereocenters. The summed E-state index contributed by atoms with van der Waals surface area (Å²) >= 11 is 1.51. The average Bonchev–Trinajstić information content (AvgIpc) is 3.10. The van der Waals surface area contributed by atoms with Gasteiger partial charge in [0.25, 0.3) is 0 Å². The van der Waals surface area contributed by atoms with Crippen molar-refractivity contribution in [3.05, 3.63) is 57.8 Å². The summed E-state index contributed by atoms with van der Waals surface area (Å²) in [6.45, 7) is 0. The molecule has 0 amide bonds. The highest BCUT2D eigenvalue weighted by Gasteiger charge is 2.27. The van der Waals surface area contributed by atoms with Crippen LogP contribution in [0.5, 0.6) is 5.75 Å². The van der Waals surface area contributed by atoms with Gasteiger partial charge >= 0.3 is 5.97 Å². The van der Waals surface area contributed by atoms with Gasteiger partial charge in [-0.2, -0.15) is 0 Å². The van der Waals surface area contributed by atoms with E-state index in [1.807, 2.05) is 41.8 Å². The zero-order chi connectivity index (χ0) is 13.9. The molecule has 1 aliphatic heterocycles. The molecule has 1 aliphatic rings. The van der Waals surface area contributed by atoms with Crippen LogP contribution in [0.15, 0.2) is 52.5 Å². The predicted molar refractivity (Wildman–Crippen MR) is 77.9 cm³/mol. The lowest BCUT2D eigenvalue weighted by molar-refractivity contribution is -0.136. The van der Waals surface area contributed by atoms with E-state index in [0.29, 0.717) is 17.0 Å². The highest BCUT2D eigenvalue weighted by Crippen LogP contribution is 2.26. The van der Waals surface area contributed by atoms with E-state index >= 15 is 0 Å². The molecule has 0 unspecified atom stereocenters. The molecule has 3 rings (SSSR count). The second-order valence-corrected chi connectivity index (χ2v) is 5.04. The van der Waals surface area contributed by atoms with Gasteiger partial charge in [0.15, 0.2) is 0 Å². The third-order valence-corrected chi connectivity index (χ3v) is 3.76. The highest BCUT2D eigenvalue weighted by molar-refractivity contribution is 7.12. The monoisotopic (exact) mass is 285 g/mol. The van der Waals surface area contributed by atoms with Crippen molar-refractivity contribution < 1.29 is 14.4 Å². The van der Waals surface area contributed by atoms with Crippen LogP contribution in [0.2, 0.25) is 0 Å². The Hall–Kier alpha value is -2.40. The number of methoxy groups -OCH3 is 1. The molecule has 100 valence electrons. The molecule has 0 spiro atoms. The number of carbonyl (C=O) groups excluding carboxylic acids is 1. The van der Waals surface area contributed by atoms with E-state index in [2.05, 4.69) is 5.16 Å². The van der Waals surface area contributed by atoms with Crippen LogP contribution in [-0.4, -0.2) is 18.8 Å². The zero-order valence-corrected chi connectivity index (χ0v) is 11.5. The third kappa shape index (κ3) is 2.23. The summed E-state index contributed by atoms with van der Waals surface area (Å²) in [6.07, 6.45) is 1.74. The fourth-order valence-electron chi connectivity index (χ4n) is 1.94. The lowest BCUT2D eigenvalue weighted by Gasteiger charge is -2.04. The van der Waals surface area contributed by atoms with Gasteiger partial charge in [-0.05, 0) is 23.6 Å². The number of ether oxygens (including phenoxy) is 1. The summed E-state index contributed by atoms with van der Waals surface area (Å²) in [6, 6.07) is 11.3. The van der Waals surface area contributed by atoms with Gasteiger partial charge in [-0.1, -0.05) is 29.4 Å². The van der Waals surface area contributed by atoms with E-state index in [-0.39, 0.29) is 0 Å². The van der Waals surface area contributed by atoms with Crippen molar-refractivity contribution in [2.24, 2.45) is 5.16 Å². The third-order valence-electron chi connectivity index (χ3n) is 2.89. The maximum atomic E-state index is 11.8. The first-order chi connectivity index (χ1) is 9.79. The number of carbonyl (C=O) groups is 1. The van der Waals surface area contributed by atoms with Gasteiger partial charge in [-0.3, -0.25) is 0 Å². The molecule has 2 heterocycles. The zero-order valence-electron chi connectivity index (χ0n) is 10.7. The van der Waals surface area contributed by atoms with Crippen LogP contribution in [-0.2, 0) is 9.63 Å². The van der Waals surface area contributed by atoms with E-state index in [4.69, 9.17) is 9.57 Å². The maximum absolute atomic E-state index is 11.8. The van der Waals surface area contributed by atoms with Crippen LogP contribution in [0.3, 0.4) is 0 Å². The number of benzene rings is 1. The molecule has 20 heavy (non-hydrogen) atoms. The standard InChI is InChI=1S/C15H11NO3S/c1-18-12-6-3-2-5-10(12)9-11-14(16-19-15(11)17)13-7-4-8-20-13/h2-9H,1H3/b11-9+. The SMILES string of the molecule is COc1ccccc1/C=C1/C(=O)ON=C1c1cccs1. The van der Waals surface area contributed by atoms with Crippen molar-refractivity contribution in [2.45, 2.75) is 0 Å². The van der Waals surface area contributed by atoms with E-state index < -0.39 is 5.97 Å². The molecule has 1 aromatic heterocycles. The smallest absolute Gasteiger partial charge is 0.368 e. The summed E-state index contributed by atoms with van der Waals surface area (Å²) in [5.74, 6) is 0.254. The Morgan fingerprint density at radius 2 is 2.10 bits per heavy atom. The van der Waals surface area contributed by atoms with E-state index in [1.54, 1.807) is 13.2 Å². The number of thiophene rings is 1. The van der Waals surface area contributed by atoms with Gasteiger partial charge in [0, 0.05) is 5.56 Å². The Bertz CT molecular complexity index is 702. The average molecular weight is 285 g/mol. The van der Waals surface area contributed by atoms with E-state index in [1.165, 1.54) is 11.3 Å². The summed E-state index contributed by atoms with van der Waals surface area (Å²) in [5, 5.41) is 5.79. The maximum Gasteiger partial charge on any atom is 0.368 e. The topological polar surface area (TPSA) is 47.9 Å². The number of hydrogen-bond donors (Lipinski definition) is 0. The van der Waals surface area contributed by atoms with Crippen molar-refractivity contribution in [3.8, 4) is 5.75 Å². The fraction of sp³-hybridized carbons (Fsp3) is 0.0667. The van der Waals surface area contributed by atoms with Crippen LogP contribution in [0.4, 0.5) is 0 Å². The van der Waals surface area contributed by atoms with Crippen molar-refractivity contribution in [2.75, 3.05) is 7.11 Å². The molecule has 4 nitrogen and oxygen atoms in total. The normalized spacial score (nSPS) is 16.1. The minimum absolute atomic E-state index is 0.442. The van der Waals surface area contributed by atoms with Gasteiger partial charge in [0.1, 0.15) is 11.5 Å². The van der Waals surface area contributed by atoms with E-state index in [9.17, 15) is 4.79 Å². The van der Waals surface area contributed by atoms with Gasteiger partial charge in [0.2, 0.25) is 0 Å². The molecule has 2 aromatic rings. The molecule has 0 aliphatic carbocycles. The molecular weight excluding hydrogens is 274 g/mol. The summed E-state index contributed by atoms with van der Waals surface area (Å²) in [5.41, 5.74) is 1.82. The van der Waals surface area contributed by atoms with Crippen molar-refractivity contribution in [1.29, 1.82) is 0 Å². The van der Waals surface area contributed by atoms with Crippen LogP contribution < -0.4 is 4.74 Å². The van der Waals surface area contributed by atoms with Crippen LogP contribution in [0, 0.1) is 0 Å². The molecule has 0 fully saturated rings. The second-order valence-electron chi connectivity index (χ2n) is 4.10. The summed E-state index contributed by atoms with van der Waals surface area (Å²) in [4.78, 5) is 17.5. The van der Waals surface area contributed by atoms with Crippen molar-refractivity contribution in [3.63, 3.8) is 0 Å². The lowest BCUT2D eigenvalue weighted by Crippen LogP contribution is -2.05. The quantitative estimate of drug-likeness (QED) is 0.643. The molecule has 1 aromatic carbocycles. The van der Waals surface area contributed by atoms with Crippen molar-refractivity contribution >= 4 is 29.1 Å². The minimum Gasteiger partial charge on any atom is -0.496 e. The lowest BCUT2D eigenvalue weighted by atomic mass is 10.1. The van der Waals surface area contributed by atoms with E-state index in [0.717, 1.165) is 10.4 Å². The number of para-hydroxylation sites is 1. The fourth-order valence-corrected chi connectivity index (χ4v) is 2.66. The van der Waals surface area contributed by atoms with Crippen LogP contribution in [0.25, 0.3) is 6.08 Å². The molecule has 0 saturated heterocycles. The largest absolute Gasteiger partial charge is 0.496 e. The molecule has 0 N–H and O–H groups in total. The van der Waals surface area contributed by atoms with Crippen LogP contribution in [0.1, 0.15) is 10.4 Å². The van der Waals surface area contributed by atoms with Gasteiger partial charge in [-0.15, -0.1) is 11.3 Å². The first-order valence-electron chi connectivity index (χ1n) is 5.98. The van der Waals surface area contributed by atoms with Crippen LogP contribution >= 0.6 is 11.3 Å². The predicted octanol–water partition coefficient (Wildman–Crippen LogP) is 3.10. The Balaban J connectivity index is 2.05. The number of hydrogen-bond acceptors (Lipinski definition) is 5. The Morgan fingerprint density at radius 3 is 2.85 bits per heavy atom. The van der Waals surface area contributed by atoms with Gasteiger partial charge < -0.3 is 9.57 Å². The molecule has 0 radical (unpaired) electrons. The molecule has 5 heteroatoms. The Labute approximate surface area is 119 Å². The minimum atomic E-state index is -0.445. The number of rotatable bonds is 3. The molecular formula is C15H11NO3S. The first-order valence-corrected chi connectivity index (χ1v) is 6.86. The second kappa shape index (κ2) is 5.30. The Morgan fingerprint density at radius 1 is 1.25 bits per heavy atom. The summed E-state index contributed by atoms with van der Waals surface area (Å²) < 4.78 is 5.28. The van der Waals surface area contributed by atoms with Gasteiger partial charge in [-0.25, -0.2) is 4.79 Å².